The molecule has 4 N–H and O–H groups in total. The third-order valence-corrected chi connectivity index (χ3v) is 4.87. The average Bonchev–Trinajstić information content (AvgIpc) is 2.74. The van der Waals surface area contributed by atoms with Gasteiger partial charge in [0.2, 0.25) is 0 Å². The zero-order valence-electron chi connectivity index (χ0n) is 16.2. The van der Waals surface area contributed by atoms with E-state index in [1.165, 1.54) is 12.1 Å². The summed E-state index contributed by atoms with van der Waals surface area (Å²) in [6.45, 7) is 0. The number of nitrogens with two attached hydrogens (primary N) is 1. The van der Waals surface area contributed by atoms with E-state index in [1.54, 1.807) is 6.07 Å². The number of carbonyl (C=O) groups is 1. The lowest BCUT2D eigenvalue weighted by Crippen LogP contribution is -2.32. The molecule has 0 saturated heterocycles. The van der Waals surface area contributed by atoms with Gasteiger partial charge in [-0.15, -0.1) is 12.4 Å². The number of hydrogen-bond acceptors (Lipinski definition) is 6. The Kier molecular flexibility index (Phi) is 6.33. The summed E-state index contributed by atoms with van der Waals surface area (Å²) in [4.78, 5) is 26.2. The zero-order valence-corrected chi connectivity index (χ0v) is 17.0. The van der Waals surface area contributed by atoms with Gasteiger partial charge in [-0.3, -0.25) is 14.9 Å². The van der Waals surface area contributed by atoms with Crippen LogP contribution in [0.2, 0.25) is 0 Å². The Morgan fingerprint density at radius 2 is 1.74 bits per heavy atom. The Labute approximate surface area is 183 Å². The number of aliphatic carboxylic acids is 1. The number of halogens is 1. The number of carboxylic acid groups (broad SMARTS) is 1. The molecular formula is C22H19ClN4O4. The van der Waals surface area contributed by atoms with E-state index in [0.29, 0.717) is 5.52 Å². The van der Waals surface area contributed by atoms with Crippen LogP contribution in [-0.4, -0.2) is 27.0 Å². The number of nitrogens with zero attached hydrogens (tertiary/aromatic N) is 2. The van der Waals surface area contributed by atoms with Gasteiger partial charge in [0.05, 0.1) is 21.6 Å². The molecule has 4 aromatic rings. The smallest absolute Gasteiger partial charge is 0.320 e. The molecule has 4 rings (SSSR count). The van der Waals surface area contributed by atoms with Crippen LogP contribution in [0.4, 0.5) is 17.1 Å². The molecule has 1 heterocycles. The van der Waals surface area contributed by atoms with Gasteiger partial charge >= 0.3 is 5.97 Å². The number of carboxylic acids is 1. The topological polar surface area (TPSA) is 131 Å². The molecular weight excluding hydrogens is 420 g/mol. The van der Waals surface area contributed by atoms with Crippen molar-refractivity contribution in [1.82, 2.24) is 4.98 Å². The van der Waals surface area contributed by atoms with E-state index in [1.807, 2.05) is 48.5 Å². The van der Waals surface area contributed by atoms with Gasteiger partial charge in [0, 0.05) is 28.6 Å². The molecule has 0 radical (unpaired) electrons. The van der Waals surface area contributed by atoms with Crippen molar-refractivity contribution in [3.63, 3.8) is 0 Å². The van der Waals surface area contributed by atoms with E-state index >= 15 is 0 Å². The summed E-state index contributed by atoms with van der Waals surface area (Å²) in [6, 6.07) is 18.6. The first-order valence-electron chi connectivity index (χ1n) is 9.23. The first-order valence-corrected chi connectivity index (χ1v) is 9.23. The van der Waals surface area contributed by atoms with Crippen molar-refractivity contribution in [3.05, 3.63) is 82.4 Å². The Balaban J connectivity index is 0.00000272. The third kappa shape index (κ3) is 4.55. The van der Waals surface area contributed by atoms with Crippen molar-refractivity contribution in [3.8, 4) is 0 Å². The summed E-state index contributed by atoms with van der Waals surface area (Å²) < 4.78 is 0. The minimum absolute atomic E-state index is 0. The van der Waals surface area contributed by atoms with Gasteiger partial charge in [0.1, 0.15) is 6.04 Å². The molecule has 1 unspecified atom stereocenters. The summed E-state index contributed by atoms with van der Waals surface area (Å²) in [7, 11) is 0. The van der Waals surface area contributed by atoms with Crippen LogP contribution in [0.1, 0.15) is 5.56 Å². The second-order valence-electron chi connectivity index (χ2n) is 6.93. The fraction of sp³-hybridized carbons (Fsp3) is 0.0909. The number of fused-ring (bicyclic) bond motifs is 2. The number of anilines is 2. The van der Waals surface area contributed by atoms with Gasteiger partial charge in [0.15, 0.2) is 0 Å². The van der Waals surface area contributed by atoms with Gasteiger partial charge in [-0.05, 0) is 36.2 Å². The van der Waals surface area contributed by atoms with E-state index in [4.69, 9.17) is 10.8 Å². The second kappa shape index (κ2) is 8.95. The second-order valence-corrected chi connectivity index (χ2v) is 6.93. The van der Waals surface area contributed by atoms with E-state index in [2.05, 4.69) is 10.3 Å². The number of rotatable bonds is 6. The van der Waals surface area contributed by atoms with E-state index in [0.717, 1.165) is 33.2 Å². The molecule has 158 valence electrons. The number of nitro groups is 1. The van der Waals surface area contributed by atoms with Crippen LogP contribution < -0.4 is 11.1 Å². The van der Waals surface area contributed by atoms with Crippen LogP contribution in [0, 0.1) is 10.1 Å². The van der Waals surface area contributed by atoms with Crippen molar-refractivity contribution < 1.29 is 14.8 Å². The van der Waals surface area contributed by atoms with E-state index in [9.17, 15) is 14.9 Å². The van der Waals surface area contributed by atoms with Gasteiger partial charge in [-0.25, -0.2) is 4.98 Å². The normalized spacial score (nSPS) is 11.6. The standard InChI is InChI=1S/C22H18N4O4.ClH/c23-18(22(27)28)11-13-5-7-14(8-6-13)24-21-16-3-1-2-4-19(16)25-20-12-15(26(29)30)9-10-17(20)21;/h1-10,12,18H,11,23H2,(H,24,25)(H,27,28);1H. The van der Waals surface area contributed by atoms with Crippen molar-refractivity contribution >= 4 is 57.2 Å². The lowest BCUT2D eigenvalue weighted by atomic mass is 10.0. The fourth-order valence-electron chi connectivity index (χ4n) is 3.34. The lowest BCUT2D eigenvalue weighted by Gasteiger charge is -2.14. The number of nitrogens with one attached hydrogen (secondary N) is 1. The lowest BCUT2D eigenvalue weighted by molar-refractivity contribution is -0.384. The molecule has 1 aromatic heterocycles. The highest BCUT2D eigenvalue weighted by atomic mass is 35.5. The predicted octanol–water partition coefficient (Wildman–Crippen LogP) is 4.42. The van der Waals surface area contributed by atoms with E-state index in [-0.39, 0.29) is 24.5 Å². The molecule has 0 spiro atoms. The Morgan fingerprint density at radius 3 is 2.42 bits per heavy atom. The minimum Gasteiger partial charge on any atom is -0.480 e. The molecule has 0 bridgehead atoms. The van der Waals surface area contributed by atoms with E-state index < -0.39 is 16.9 Å². The first kappa shape index (κ1) is 21.9. The maximum atomic E-state index is 11.2. The highest BCUT2D eigenvalue weighted by Crippen LogP contribution is 2.34. The molecule has 0 amide bonds. The van der Waals surface area contributed by atoms with Gasteiger partial charge < -0.3 is 16.2 Å². The van der Waals surface area contributed by atoms with Crippen LogP contribution in [0.3, 0.4) is 0 Å². The third-order valence-electron chi connectivity index (χ3n) is 4.87. The monoisotopic (exact) mass is 438 g/mol. The molecule has 1 atom stereocenters. The molecule has 31 heavy (non-hydrogen) atoms. The highest BCUT2D eigenvalue weighted by Gasteiger charge is 2.14. The van der Waals surface area contributed by atoms with Crippen molar-refractivity contribution in [2.45, 2.75) is 12.5 Å². The molecule has 0 aliphatic rings. The van der Waals surface area contributed by atoms with Crippen molar-refractivity contribution in [1.29, 1.82) is 0 Å². The van der Waals surface area contributed by atoms with Crippen LogP contribution in [0.5, 0.6) is 0 Å². The summed E-state index contributed by atoms with van der Waals surface area (Å²) in [5.74, 6) is -1.04. The van der Waals surface area contributed by atoms with Gasteiger partial charge in [-0.2, -0.15) is 0 Å². The van der Waals surface area contributed by atoms with Gasteiger partial charge in [-0.1, -0.05) is 30.3 Å². The zero-order chi connectivity index (χ0) is 21.3. The Morgan fingerprint density at radius 1 is 1.06 bits per heavy atom. The summed E-state index contributed by atoms with van der Waals surface area (Å²) in [5, 5.41) is 25.1. The summed E-state index contributed by atoms with van der Waals surface area (Å²) in [6.07, 6.45) is 0.237. The van der Waals surface area contributed by atoms with Crippen LogP contribution in [-0.2, 0) is 11.2 Å². The molecule has 8 nitrogen and oxygen atoms in total. The first-order chi connectivity index (χ1) is 14.4. The number of para-hydroxylation sites is 1. The number of aromatic nitrogens is 1. The highest BCUT2D eigenvalue weighted by molar-refractivity contribution is 6.09. The maximum Gasteiger partial charge on any atom is 0.320 e. The van der Waals surface area contributed by atoms with Crippen LogP contribution in [0.25, 0.3) is 21.8 Å². The van der Waals surface area contributed by atoms with Crippen LogP contribution in [0.15, 0.2) is 66.7 Å². The average molecular weight is 439 g/mol. The van der Waals surface area contributed by atoms with Gasteiger partial charge in [0.25, 0.3) is 5.69 Å². The number of benzene rings is 3. The molecule has 0 aliphatic heterocycles. The SMILES string of the molecule is Cl.NC(Cc1ccc(Nc2c3ccccc3nc3cc([N+](=O)[O-])ccc23)cc1)C(=O)O. The Hall–Kier alpha value is -3.75. The molecule has 3 aromatic carbocycles. The molecule has 0 fully saturated rings. The largest absolute Gasteiger partial charge is 0.480 e. The molecule has 0 saturated carbocycles. The quantitative estimate of drug-likeness (QED) is 0.230. The molecule has 9 heteroatoms. The van der Waals surface area contributed by atoms with Crippen molar-refractivity contribution in [2.75, 3.05) is 5.32 Å². The Bertz CT molecular complexity index is 1280. The number of nitro benzene ring substituents is 1. The minimum atomic E-state index is -1.04. The number of pyridine rings is 1. The number of non-ortho nitro benzene ring substituents is 1. The fourth-order valence-corrected chi connectivity index (χ4v) is 3.34. The van der Waals surface area contributed by atoms with Crippen LogP contribution >= 0.6 is 12.4 Å². The molecule has 0 aliphatic carbocycles. The maximum absolute atomic E-state index is 11.2. The summed E-state index contributed by atoms with van der Waals surface area (Å²) in [5.41, 5.74) is 9.22. The number of hydrogen-bond donors (Lipinski definition) is 3. The summed E-state index contributed by atoms with van der Waals surface area (Å²) >= 11 is 0. The predicted molar refractivity (Wildman–Crippen MR) is 122 cm³/mol. The van der Waals surface area contributed by atoms with Crippen molar-refractivity contribution in [2.24, 2.45) is 5.73 Å².